The van der Waals surface area contributed by atoms with E-state index in [4.69, 9.17) is 5.73 Å². The lowest BCUT2D eigenvalue weighted by atomic mass is 9.77. The van der Waals surface area contributed by atoms with Crippen molar-refractivity contribution in [3.8, 4) is 5.75 Å². The van der Waals surface area contributed by atoms with Crippen LogP contribution in [-0.4, -0.2) is 5.11 Å². The molecule has 3 N–H and O–H groups in total. The van der Waals surface area contributed by atoms with E-state index < -0.39 is 0 Å². The molecule has 1 aromatic carbocycles. The topological polar surface area (TPSA) is 46.2 Å². The van der Waals surface area contributed by atoms with Gasteiger partial charge in [-0.15, -0.1) is 0 Å². The van der Waals surface area contributed by atoms with Gasteiger partial charge in [-0.05, 0) is 45.6 Å². The highest BCUT2D eigenvalue weighted by atomic mass is 16.3. The Morgan fingerprint density at radius 1 is 1.00 bits per heavy atom. The van der Waals surface area contributed by atoms with E-state index in [-0.39, 0.29) is 16.9 Å². The Morgan fingerprint density at radius 2 is 1.38 bits per heavy atom. The van der Waals surface area contributed by atoms with Gasteiger partial charge in [0.1, 0.15) is 5.75 Å². The molecule has 0 amide bonds. The highest BCUT2D eigenvalue weighted by Crippen LogP contribution is 2.41. The van der Waals surface area contributed by atoms with Crippen molar-refractivity contribution in [2.45, 2.75) is 78.7 Å². The van der Waals surface area contributed by atoms with Crippen molar-refractivity contribution in [1.29, 1.82) is 0 Å². The van der Waals surface area contributed by atoms with Crippen molar-refractivity contribution in [1.82, 2.24) is 0 Å². The second kappa shape index (κ2) is 6.00. The maximum Gasteiger partial charge on any atom is 0.123 e. The largest absolute Gasteiger partial charge is 0.507 e. The number of phenolic OH excluding ortho intramolecular Hbond substituents is 1. The van der Waals surface area contributed by atoms with Gasteiger partial charge in [0, 0.05) is 6.04 Å². The summed E-state index contributed by atoms with van der Waals surface area (Å²) in [5.74, 6) is 0.852. The highest BCUT2D eigenvalue weighted by molar-refractivity contribution is 5.50. The van der Waals surface area contributed by atoms with Crippen LogP contribution in [0.25, 0.3) is 0 Å². The maximum atomic E-state index is 10.7. The standard InChI is InChI=1S/C19H33NO/c1-9-12(2)16(20)13-10-14(18(3,4)5)17(21)15(11-13)19(6,7)8/h10-12,16,21H,9,20H2,1-8H3/t12?,16-/m0/s1. The number of nitrogens with two attached hydrogens (primary N) is 1. The molecule has 0 fully saturated rings. The minimum Gasteiger partial charge on any atom is -0.507 e. The van der Waals surface area contributed by atoms with Gasteiger partial charge in [-0.1, -0.05) is 61.8 Å². The molecule has 2 nitrogen and oxygen atoms in total. The van der Waals surface area contributed by atoms with E-state index in [9.17, 15) is 5.11 Å². The van der Waals surface area contributed by atoms with Crippen molar-refractivity contribution in [3.63, 3.8) is 0 Å². The lowest BCUT2D eigenvalue weighted by molar-refractivity contribution is 0.417. The average molecular weight is 291 g/mol. The molecule has 2 heteroatoms. The van der Waals surface area contributed by atoms with E-state index in [1.165, 1.54) is 0 Å². The molecular formula is C19H33NO. The molecule has 0 spiro atoms. The van der Waals surface area contributed by atoms with Crippen LogP contribution >= 0.6 is 0 Å². The van der Waals surface area contributed by atoms with Crippen LogP contribution in [0.1, 0.15) is 84.5 Å². The third kappa shape index (κ3) is 4.00. The van der Waals surface area contributed by atoms with E-state index in [0.717, 1.165) is 23.1 Å². The first-order chi connectivity index (χ1) is 9.39. The van der Waals surface area contributed by atoms with Crippen LogP contribution in [0.15, 0.2) is 12.1 Å². The zero-order valence-corrected chi connectivity index (χ0v) is 15.0. The van der Waals surface area contributed by atoms with Crippen molar-refractivity contribution >= 4 is 0 Å². The molecule has 0 aliphatic heterocycles. The van der Waals surface area contributed by atoms with Gasteiger partial charge in [0.2, 0.25) is 0 Å². The Labute approximate surface area is 130 Å². The van der Waals surface area contributed by atoms with Crippen molar-refractivity contribution in [2.75, 3.05) is 0 Å². The SMILES string of the molecule is CCC(C)[C@H](N)c1cc(C(C)(C)C)c(O)c(C(C)(C)C)c1. The number of hydrogen-bond donors (Lipinski definition) is 2. The van der Waals surface area contributed by atoms with Gasteiger partial charge in [-0.25, -0.2) is 0 Å². The van der Waals surface area contributed by atoms with E-state index in [0.29, 0.717) is 11.7 Å². The van der Waals surface area contributed by atoms with E-state index >= 15 is 0 Å². The van der Waals surface area contributed by atoms with Gasteiger partial charge in [-0.3, -0.25) is 0 Å². The molecule has 0 aliphatic carbocycles. The molecule has 0 saturated carbocycles. The molecule has 0 radical (unpaired) electrons. The van der Waals surface area contributed by atoms with Gasteiger partial charge in [0.25, 0.3) is 0 Å². The van der Waals surface area contributed by atoms with Gasteiger partial charge < -0.3 is 10.8 Å². The first-order valence-corrected chi connectivity index (χ1v) is 8.03. The van der Waals surface area contributed by atoms with Gasteiger partial charge in [0.15, 0.2) is 0 Å². The Balaban J connectivity index is 3.55. The van der Waals surface area contributed by atoms with Crippen LogP contribution in [0.5, 0.6) is 5.75 Å². The van der Waals surface area contributed by atoms with Crippen LogP contribution in [0.2, 0.25) is 0 Å². The summed E-state index contributed by atoms with van der Waals surface area (Å²) in [4.78, 5) is 0. The third-order valence-corrected chi connectivity index (χ3v) is 4.39. The normalized spacial score (nSPS) is 15.9. The summed E-state index contributed by atoms with van der Waals surface area (Å²) >= 11 is 0. The lowest BCUT2D eigenvalue weighted by Crippen LogP contribution is -2.23. The Morgan fingerprint density at radius 3 is 1.67 bits per heavy atom. The number of rotatable bonds is 3. The summed E-state index contributed by atoms with van der Waals surface area (Å²) in [6.07, 6.45) is 1.05. The van der Waals surface area contributed by atoms with Crippen molar-refractivity contribution < 1.29 is 5.11 Å². The molecule has 1 aromatic rings. The minimum absolute atomic E-state index is 0.0119. The molecule has 1 rings (SSSR count). The molecule has 0 aromatic heterocycles. The zero-order valence-electron chi connectivity index (χ0n) is 15.0. The molecule has 0 heterocycles. The van der Waals surface area contributed by atoms with Gasteiger partial charge in [0.05, 0.1) is 0 Å². The average Bonchev–Trinajstić information content (AvgIpc) is 2.34. The van der Waals surface area contributed by atoms with Crippen molar-refractivity contribution in [3.05, 3.63) is 28.8 Å². The summed E-state index contributed by atoms with van der Waals surface area (Å²) in [7, 11) is 0. The number of hydrogen-bond acceptors (Lipinski definition) is 2. The fourth-order valence-electron chi connectivity index (χ4n) is 2.58. The maximum absolute atomic E-state index is 10.7. The van der Waals surface area contributed by atoms with Crippen LogP contribution < -0.4 is 5.73 Å². The smallest absolute Gasteiger partial charge is 0.123 e. The summed E-state index contributed by atoms with van der Waals surface area (Å²) in [6.45, 7) is 17.1. The third-order valence-electron chi connectivity index (χ3n) is 4.39. The number of benzene rings is 1. The monoisotopic (exact) mass is 291 g/mol. The number of aromatic hydroxyl groups is 1. The van der Waals surface area contributed by atoms with Gasteiger partial charge in [-0.2, -0.15) is 0 Å². The quantitative estimate of drug-likeness (QED) is 0.820. The van der Waals surface area contributed by atoms with Crippen LogP contribution in [0.3, 0.4) is 0 Å². The first kappa shape index (κ1) is 18.0. The first-order valence-electron chi connectivity index (χ1n) is 8.03. The van der Waals surface area contributed by atoms with E-state index in [1.54, 1.807) is 0 Å². The second-order valence-electron chi connectivity index (χ2n) is 8.38. The predicted octanol–water partition coefficient (Wildman–Crippen LogP) is 5.03. The van der Waals surface area contributed by atoms with Crippen molar-refractivity contribution in [2.24, 2.45) is 11.7 Å². The summed E-state index contributed by atoms with van der Waals surface area (Å²) in [6, 6.07) is 4.21. The predicted molar refractivity (Wildman–Crippen MR) is 91.9 cm³/mol. The minimum atomic E-state index is -0.102. The molecule has 2 atom stereocenters. The molecule has 0 bridgehead atoms. The molecule has 21 heavy (non-hydrogen) atoms. The molecular weight excluding hydrogens is 258 g/mol. The highest BCUT2D eigenvalue weighted by Gasteiger charge is 2.28. The summed E-state index contributed by atoms with van der Waals surface area (Å²) in [5.41, 5.74) is 9.35. The van der Waals surface area contributed by atoms with Crippen LogP contribution in [-0.2, 0) is 10.8 Å². The molecule has 1 unspecified atom stereocenters. The molecule has 0 saturated heterocycles. The fraction of sp³-hybridized carbons (Fsp3) is 0.684. The second-order valence-corrected chi connectivity index (χ2v) is 8.38. The Kier molecular flexibility index (Phi) is 5.15. The lowest BCUT2D eigenvalue weighted by Gasteiger charge is -2.30. The van der Waals surface area contributed by atoms with E-state index in [2.05, 4.69) is 67.5 Å². The van der Waals surface area contributed by atoms with Crippen LogP contribution in [0, 0.1) is 5.92 Å². The number of phenols is 1. The summed E-state index contributed by atoms with van der Waals surface area (Å²) < 4.78 is 0. The zero-order chi connectivity index (χ0) is 16.6. The molecule has 0 aliphatic rings. The fourth-order valence-corrected chi connectivity index (χ4v) is 2.58. The van der Waals surface area contributed by atoms with Gasteiger partial charge >= 0.3 is 0 Å². The Hall–Kier alpha value is -1.02. The Bertz CT molecular complexity index is 456. The van der Waals surface area contributed by atoms with Crippen LogP contribution in [0.4, 0.5) is 0 Å². The molecule has 120 valence electrons. The summed E-state index contributed by atoms with van der Waals surface area (Å²) in [5, 5.41) is 10.7. The van der Waals surface area contributed by atoms with E-state index in [1.807, 2.05) is 0 Å².